The molecule has 1 aliphatic rings. The van der Waals surface area contributed by atoms with E-state index in [4.69, 9.17) is 0 Å². The first-order chi connectivity index (χ1) is 8.63. The van der Waals surface area contributed by atoms with Gasteiger partial charge in [-0.3, -0.25) is 4.79 Å². The quantitative estimate of drug-likeness (QED) is 0.916. The van der Waals surface area contributed by atoms with Crippen molar-refractivity contribution in [2.45, 2.75) is 30.6 Å². The fourth-order valence-electron chi connectivity index (χ4n) is 2.33. The monoisotopic (exact) mass is 331 g/mol. The molecular weight excluding hydrogens is 317 g/mol. The molecule has 2 nitrogen and oxygen atoms in total. The van der Waals surface area contributed by atoms with Crippen molar-refractivity contribution >= 4 is 33.6 Å². The van der Waals surface area contributed by atoms with E-state index in [0.717, 1.165) is 19.3 Å². The zero-order valence-electron chi connectivity index (χ0n) is 10.1. The predicted molar refractivity (Wildman–Crippen MR) is 76.5 cm³/mol. The van der Waals surface area contributed by atoms with Crippen LogP contribution in [0.3, 0.4) is 0 Å². The Morgan fingerprint density at radius 1 is 1.50 bits per heavy atom. The third kappa shape index (κ3) is 2.88. The van der Waals surface area contributed by atoms with Crippen molar-refractivity contribution in [3.05, 3.63) is 34.1 Å². The lowest BCUT2D eigenvalue weighted by molar-refractivity contribution is 0.0934. The summed E-state index contributed by atoms with van der Waals surface area (Å²) in [6, 6.07) is 4.72. The largest absolute Gasteiger partial charge is 0.348 e. The second kappa shape index (κ2) is 6.06. The van der Waals surface area contributed by atoms with Gasteiger partial charge < -0.3 is 5.32 Å². The van der Waals surface area contributed by atoms with Crippen molar-refractivity contribution in [3.63, 3.8) is 0 Å². The maximum atomic E-state index is 13.7. The normalized spacial score (nSPS) is 23.1. The van der Waals surface area contributed by atoms with Crippen molar-refractivity contribution in [2.75, 3.05) is 6.26 Å². The Bertz CT molecular complexity index is 434. The van der Waals surface area contributed by atoms with E-state index in [0.29, 0.717) is 9.72 Å². The average molecular weight is 332 g/mol. The highest BCUT2D eigenvalue weighted by Crippen LogP contribution is 2.29. The molecule has 5 heteroatoms. The molecule has 1 amide bonds. The lowest BCUT2D eigenvalue weighted by Gasteiger charge is -2.19. The summed E-state index contributed by atoms with van der Waals surface area (Å²) in [5.41, 5.74) is 0.101. The average Bonchev–Trinajstić information content (AvgIpc) is 2.76. The molecule has 0 spiro atoms. The second-order valence-corrected chi connectivity index (χ2v) is 6.31. The molecule has 1 N–H and O–H groups in total. The highest BCUT2D eigenvalue weighted by molar-refractivity contribution is 9.10. The van der Waals surface area contributed by atoms with Gasteiger partial charge in [-0.1, -0.05) is 12.5 Å². The summed E-state index contributed by atoms with van der Waals surface area (Å²) >= 11 is 4.99. The van der Waals surface area contributed by atoms with Crippen molar-refractivity contribution < 1.29 is 9.18 Å². The molecule has 0 radical (unpaired) electrons. The van der Waals surface area contributed by atoms with E-state index in [9.17, 15) is 9.18 Å². The molecule has 0 saturated heterocycles. The summed E-state index contributed by atoms with van der Waals surface area (Å²) in [6.45, 7) is 0. The summed E-state index contributed by atoms with van der Waals surface area (Å²) in [6.07, 6.45) is 5.26. The third-order valence-corrected chi connectivity index (χ3v) is 5.09. The van der Waals surface area contributed by atoms with Gasteiger partial charge in [0.1, 0.15) is 5.82 Å². The van der Waals surface area contributed by atoms with Crippen LogP contribution < -0.4 is 5.32 Å². The Morgan fingerprint density at radius 3 is 2.94 bits per heavy atom. The van der Waals surface area contributed by atoms with Crippen molar-refractivity contribution in [1.82, 2.24) is 5.32 Å². The number of hydrogen-bond donors (Lipinski definition) is 1. The fourth-order valence-corrected chi connectivity index (χ4v) is 3.79. The maximum absolute atomic E-state index is 13.7. The number of benzene rings is 1. The van der Waals surface area contributed by atoms with Gasteiger partial charge in [0.2, 0.25) is 0 Å². The third-order valence-electron chi connectivity index (χ3n) is 3.26. The molecule has 1 fully saturated rings. The minimum Gasteiger partial charge on any atom is -0.348 e. The fraction of sp³-hybridized carbons (Fsp3) is 0.462. The van der Waals surface area contributed by atoms with Crippen LogP contribution >= 0.6 is 27.7 Å². The number of rotatable bonds is 3. The Labute approximate surface area is 119 Å². The minimum absolute atomic E-state index is 0.101. The molecule has 0 bridgehead atoms. The molecule has 2 unspecified atom stereocenters. The van der Waals surface area contributed by atoms with Gasteiger partial charge in [-0.05, 0) is 47.2 Å². The van der Waals surface area contributed by atoms with Gasteiger partial charge in [0.25, 0.3) is 5.91 Å². The first kappa shape index (κ1) is 13.9. The number of hydrogen-bond acceptors (Lipinski definition) is 2. The Balaban J connectivity index is 2.12. The molecule has 1 aliphatic carbocycles. The number of nitrogens with one attached hydrogen (secondary N) is 1. The zero-order valence-corrected chi connectivity index (χ0v) is 12.5. The SMILES string of the molecule is CSC1CCCC1NC(=O)c1c(F)cccc1Br. The summed E-state index contributed by atoms with van der Waals surface area (Å²) in [5.74, 6) is -0.813. The van der Waals surface area contributed by atoms with Crippen LogP contribution in [0.5, 0.6) is 0 Å². The molecule has 98 valence electrons. The molecule has 2 atom stereocenters. The number of carbonyl (C=O) groups is 1. The van der Waals surface area contributed by atoms with E-state index in [-0.39, 0.29) is 17.5 Å². The maximum Gasteiger partial charge on any atom is 0.255 e. The van der Waals surface area contributed by atoms with E-state index < -0.39 is 5.82 Å². The molecule has 1 saturated carbocycles. The van der Waals surface area contributed by atoms with E-state index in [1.807, 2.05) is 6.26 Å². The Morgan fingerprint density at radius 2 is 2.28 bits per heavy atom. The van der Waals surface area contributed by atoms with E-state index in [1.165, 1.54) is 6.07 Å². The number of halogens is 2. The highest BCUT2D eigenvalue weighted by atomic mass is 79.9. The van der Waals surface area contributed by atoms with E-state index in [2.05, 4.69) is 21.2 Å². The Kier molecular flexibility index (Phi) is 4.67. The molecule has 18 heavy (non-hydrogen) atoms. The lowest BCUT2D eigenvalue weighted by Crippen LogP contribution is -2.39. The number of amides is 1. The second-order valence-electron chi connectivity index (χ2n) is 4.38. The van der Waals surface area contributed by atoms with Gasteiger partial charge >= 0.3 is 0 Å². The molecule has 0 heterocycles. The summed E-state index contributed by atoms with van der Waals surface area (Å²) in [5, 5.41) is 3.39. The van der Waals surface area contributed by atoms with Crippen molar-refractivity contribution in [2.24, 2.45) is 0 Å². The van der Waals surface area contributed by atoms with E-state index >= 15 is 0 Å². The molecular formula is C13H15BrFNOS. The van der Waals surface area contributed by atoms with Crippen molar-refractivity contribution in [1.29, 1.82) is 0 Å². The van der Waals surface area contributed by atoms with Gasteiger partial charge in [0, 0.05) is 15.8 Å². The van der Waals surface area contributed by atoms with Gasteiger partial charge in [0.15, 0.2) is 0 Å². The van der Waals surface area contributed by atoms with Crippen molar-refractivity contribution in [3.8, 4) is 0 Å². The molecule has 1 aromatic rings. The number of thioether (sulfide) groups is 1. The molecule has 0 aliphatic heterocycles. The topological polar surface area (TPSA) is 29.1 Å². The van der Waals surface area contributed by atoms with Crippen LogP contribution in [0.2, 0.25) is 0 Å². The Hall–Kier alpha value is -0.550. The van der Waals surface area contributed by atoms with Crippen LogP contribution in [-0.4, -0.2) is 23.5 Å². The van der Waals surface area contributed by atoms with Crippen LogP contribution in [0.4, 0.5) is 4.39 Å². The van der Waals surface area contributed by atoms with Crippen LogP contribution in [0.15, 0.2) is 22.7 Å². The summed E-state index contributed by atoms with van der Waals surface area (Å²) in [4.78, 5) is 12.1. The zero-order chi connectivity index (χ0) is 13.1. The summed E-state index contributed by atoms with van der Waals surface area (Å²) < 4.78 is 14.2. The standard InChI is InChI=1S/C13H15BrFNOS/c1-18-11-7-3-6-10(11)16-13(17)12-8(14)4-2-5-9(12)15/h2,4-5,10-11H,3,6-7H2,1H3,(H,16,17). The number of carbonyl (C=O) groups excluding carboxylic acids is 1. The van der Waals surface area contributed by atoms with Gasteiger partial charge in [-0.2, -0.15) is 11.8 Å². The smallest absolute Gasteiger partial charge is 0.255 e. The predicted octanol–water partition coefficient (Wildman–Crippen LogP) is 3.60. The molecule has 1 aromatic carbocycles. The van der Waals surface area contributed by atoms with E-state index in [1.54, 1.807) is 23.9 Å². The van der Waals surface area contributed by atoms with Crippen LogP contribution in [0, 0.1) is 5.82 Å². The first-order valence-corrected chi connectivity index (χ1v) is 7.99. The minimum atomic E-state index is -0.486. The highest BCUT2D eigenvalue weighted by Gasteiger charge is 2.29. The summed E-state index contributed by atoms with van der Waals surface area (Å²) in [7, 11) is 0. The molecule has 0 aromatic heterocycles. The lowest BCUT2D eigenvalue weighted by atomic mass is 10.1. The van der Waals surface area contributed by atoms with Crippen LogP contribution in [0.1, 0.15) is 29.6 Å². The van der Waals surface area contributed by atoms with Gasteiger partial charge in [-0.15, -0.1) is 0 Å². The van der Waals surface area contributed by atoms with Gasteiger partial charge in [0.05, 0.1) is 5.56 Å². The van der Waals surface area contributed by atoms with Gasteiger partial charge in [-0.25, -0.2) is 4.39 Å². The first-order valence-electron chi connectivity index (χ1n) is 5.91. The van der Waals surface area contributed by atoms with Crippen LogP contribution in [-0.2, 0) is 0 Å². The molecule has 2 rings (SSSR count). The van der Waals surface area contributed by atoms with Crippen LogP contribution in [0.25, 0.3) is 0 Å².